The van der Waals surface area contributed by atoms with Gasteiger partial charge in [-0.3, -0.25) is 4.79 Å². The van der Waals surface area contributed by atoms with Gasteiger partial charge in [0.05, 0.1) is 12.2 Å². The van der Waals surface area contributed by atoms with Crippen LogP contribution in [0.15, 0.2) is 47.5 Å². The molecule has 1 amide bonds. The van der Waals surface area contributed by atoms with Gasteiger partial charge in [0, 0.05) is 11.3 Å². The van der Waals surface area contributed by atoms with Crippen LogP contribution in [0.4, 0.5) is 11.4 Å². The Bertz CT molecular complexity index is 792. The van der Waals surface area contributed by atoms with Crippen LogP contribution in [0.1, 0.15) is 29.5 Å². The molecule has 0 fully saturated rings. The Morgan fingerprint density at radius 1 is 1.08 bits per heavy atom. The minimum absolute atomic E-state index is 0.0430. The van der Waals surface area contributed by atoms with E-state index in [1.165, 1.54) is 25.7 Å². The quantitative estimate of drug-likeness (QED) is 0.773. The molecule has 2 aromatic carbocycles. The Balaban J connectivity index is 0.000000167. The standard InChI is InChI=1S/C10H12N4O2.C10H12/c11-4-9(15)13-7-1-2-8-6(3-7)5-16-10(12)14-8;1-2-6-10-8-4-3-7-9(10)5-1/h1-3H,4-5,11H2,(H2,12,14)(H,13,15);1-2,5-6H,3-4,7-8H2. The number of amides is 1. The molecule has 0 aromatic heterocycles. The van der Waals surface area contributed by atoms with Crippen molar-refractivity contribution in [2.75, 3.05) is 11.9 Å². The number of carbonyl (C=O) groups is 1. The Kier molecular flexibility index (Phi) is 5.86. The van der Waals surface area contributed by atoms with E-state index in [0.717, 1.165) is 11.3 Å². The largest absolute Gasteiger partial charge is 0.460 e. The number of carbonyl (C=O) groups excluding carboxylic acids is 1. The maximum Gasteiger partial charge on any atom is 0.287 e. The summed E-state index contributed by atoms with van der Waals surface area (Å²) in [4.78, 5) is 15.1. The number of anilines is 1. The predicted octanol–water partition coefficient (Wildman–Crippen LogP) is 2.63. The Morgan fingerprint density at radius 3 is 2.42 bits per heavy atom. The van der Waals surface area contributed by atoms with E-state index in [4.69, 9.17) is 16.2 Å². The highest BCUT2D eigenvalue weighted by Gasteiger charge is 2.11. The van der Waals surface area contributed by atoms with Crippen molar-refractivity contribution in [3.8, 4) is 0 Å². The van der Waals surface area contributed by atoms with Crippen molar-refractivity contribution in [1.29, 1.82) is 0 Å². The number of aliphatic imine (C=N–C) groups is 1. The molecule has 26 heavy (non-hydrogen) atoms. The lowest BCUT2D eigenvalue weighted by molar-refractivity contribution is -0.114. The number of ether oxygens (including phenoxy) is 1. The van der Waals surface area contributed by atoms with Gasteiger partial charge in [0.1, 0.15) is 6.61 Å². The summed E-state index contributed by atoms with van der Waals surface area (Å²) in [5.74, 6) is -0.236. The molecule has 2 aliphatic rings. The van der Waals surface area contributed by atoms with Crippen LogP contribution in [0, 0.1) is 0 Å². The van der Waals surface area contributed by atoms with Gasteiger partial charge < -0.3 is 21.5 Å². The molecule has 0 saturated heterocycles. The van der Waals surface area contributed by atoms with E-state index in [1.807, 2.05) is 0 Å². The lowest BCUT2D eigenvalue weighted by Gasteiger charge is -2.15. The topological polar surface area (TPSA) is 103 Å². The average Bonchev–Trinajstić information content (AvgIpc) is 2.68. The number of hydrogen-bond donors (Lipinski definition) is 3. The third kappa shape index (κ3) is 4.61. The van der Waals surface area contributed by atoms with Crippen LogP contribution < -0.4 is 16.8 Å². The van der Waals surface area contributed by atoms with Crippen molar-refractivity contribution in [2.24, 2.45) is 16.5 Å². The van der Waals surface area contributed by atoms with Gasteiger partial charge in [-0.15, -0.1) is 0 Å². The van der Waals surface area contributed by atoms with Gasteiger partial charge in [0.15, 0.2) is 0 Å². The molecule has 5 N–H and O–H groups in total. The molecule has 6 heteroatoms. The first kappa shape index (κ1) is 17.9. The van der Waals surface area contributed by atoms with E-state index >= 15 is 0 Å². The van der Waals surface area contributed by atoms with Crippen LogP contribution in [0.5, 0.6) is 0 Å². The molecule has 1 heterocycles. The van der Waals surface area contributed by atoms with Gasteiger partial charge in [-0.1, -0.05) is 24.3 Å². The zero-order valence-corrected chi connectivity index (χ0v) is 14.7. The Morgan fingerprint density at radius 2 is 1.77 bits per heavy atom. The summed E-state index contributed by atoms with van der Waals surface area (Å²) in [5, 5.41) is 2.65. The van der Waals surface area contributed by atoms with Crippen LogP contribution in [0.2, 0.25) is 0 Å². The van der Waals surface area contributed by atoms with E-state index in [0.29, 0.717) is 12.3 Å². The fourth-order valence-corrected chi connectivity index (χ4v) is 3.08. The highest BCUT2D eigenvalue weighted by atomic mass is 16.5. The smallest absolute Gasteiger partial charge is 0.287 e. The van der Waals surface area contributed by atoms with Crippen LogP contribution in [0.3, 0.4) is 0 Å². The van der Waals surface area contributed by atoms with Crippen molar-refractivity contribution in [3.63, 3.8) is 0 Å². The molecule has 1 aliphatic carbocycles. The highest BCUT2D eigenvalue weighted by Crippen LogP contribution is 2.26. The van der Waals surface area contributed by atoms with Crippen LogP contribution in [0.25, 0.3) is 0 Å². The number of nitrogens with two attached hydrogens (primary N) is 2. The minimum Gasteiger partial charge on any atom is -0.460 e. The number of hydrogen-bond acceptors (Lipinski definition) is 5. The summed E-state index contributed by atoms with van der Waals surface area (Å²) >= 11 is 0. The molecule has 1 aliphatic heterocycles. The zero-order chi connectivity index (χ0) is 18.4. The fourth-order valence-electron chi connectivity index (χ4n) is 3.08. The molecule has 0 atom stereocenters. The summed E-state index contributed by atoms with van der Waals surface area (Å²) < 4.78 is 5.08. The fraction of sp³-hybridized carbons (Fsp3) is 0.300. The van der Waals surface area contributed by atoms with E-state index in [2.05, 4.69) is 34.6 Å². The molecule has 136 valence electrons. The Hall–Kier alpha value is -2.86. The third-order valence-electron chi connectivity index (χ3n) is 4.42. The van der Waals surface area contributed by atoms with Crippen LogP contribution >= 0.6 is 0 Å². The predicted molar refractivity (Wildman–Crippen MR) is 103 cm³/mol. The molecule has 4 rings (SSSR count). The number of rotatable bonds is 2. The number of aryl methyl sites for hydroxylation is 2. The second-order valence-electron chi connectivity index (χ2n) is 6.31. The summed E-state index contributed by atoms with van der Waals surface area (Å²) in [6.45, 7) is 0.315. The number of nitrogens with zero attached hydrogens (tertiary/aromatic N) is 1. The summed E-state index contributed by atoms with van der Waals surface area (Å²) in [6, 6.07) is 14.3. The van der Waals surface area contributed by atoms with Crippen LogP contribution in [-0.2, 0) is 29.0 Å². The van der Waals surface area contributed by atoms with Crippen molar-refractivity contribution in [1.82, 2.24) is 0 Å². The lowest BCUT2D eigenvalue weighted by Crippen LogP contribution is -2.22. The van der Waals surface area contributed by atoms with E-state index in [1.54, 1.807) is 29.3 Å². The van der Waals surface area contributed by atoms with Gasteiger partial charge in [-0.2, -0.15) is 4.99 Å². The first-order valence-corrected chi connectivity index (χ1v) is 8.82. The number of fused-ring (bicyclic) bond motifs is 2. The summed E-state index contributed by atoms with van der Waals surface area (Å²) in [5.41, 5.74) is 16.1. The number of benzene rings is 2. The van der Waals surface area contributed by atoms with Crippen LogP contribution in [-0.4, -0.2) is 18.5 Å². The molecule has 0 spiro atoms. The summed E-state index contributed by atoms with van der Waals surface area (Å²) in [7, 11) is 0. The van der Waals surface area contributed by atoms with Crippen molar-refractivity contribution >= 4 is 23.3 Å². The van der Waals surface area contributed by atoms with E-state index in [9.17, 15) is 4.79 Å². The van der Waals surface area contributed by atoms with Gasteiger partial charge in [0.25, 0.3) is 6.02 Å². The van der Waals surface area contributed by atoms with Gasteiger partial charge in [0.2, 0.25) is 5.91 Å². The average molecular weight is 352 g/mol. The van der Waals surface area contributed by atoms with Gasteiger partial charge in [-0.25, -0.2) is 0 Å². The highest BCUT2D eigenvalue weighted by molar-refractivity contribution is 5.92. The van der Waals surface area contributed by atoms with E-state index < -0.39 is 0 Å². The first-order chi connectivity index (χ1) is 12.7. The molecule has 0 bridgehead atoms. The normalized spacial score (nSPS) is 14.6. The first-order valence-electron chi connectivity index (χ1n) is 8.82. The SMILES string of the molecule is NCC(=O)Nc1ccc2c(c1)COC(N)=N2.c1ccc2c(c1)CCCC2. The number of amidine groups is 1. The second-order valence-corrected chi connectivity index (χ2v) is 6.31. The van der Waals surface area contributed by atoms with Crippen molar-refractivity contribution in [3.05, 3.63) is 59.2 Å². The summed E-state index contributed by atoms with van der Waals surface area (Å²) in [6.07, 6.45) is 5.38. The minimum atomic E-state index is -0.236. The van der Waals surface area contributed by atoms with Crippen molar-refractivity contribution in [2.45, 2.75) is 32.3 Å². The molecular weight excluding hydrogens is 328 g/mol. The zero-order valence-electron chi connectivity index (χ0n) is 14.7. The molecular formula is C20H24N4O2. The monoisotopic (exact) mass is 352 g/mol. The van der Waals surface area contributed by atoms with Gasteiger partial charge in [-0.05, 0) is 55.0 Å². The third-order valence-corrected chi connectivity index (χ3v) is 4.42. The van der Waals surface area contributed by atoms with Gasteiger partial charge >= 0.3 is 0 Å². The maximum absolute atomic E-state index is 11.1. The number of nitrogens with one attached hydrogen (secondary N) is 1. The lowest BCUT2D eigenvalue weighted by atomic mass is 9.92. The Labute approximate surface area is 153 Å². The molecule has 0 radical (unpaired) electrons. The molecule has 0 unspecified atom stereocenters. The molecule has 6 nitrogen and oxygen atoms in total. The second kappa shape index (κ2) is 8.49. The van der Waals surface area contributed by atoms with E-state index in [-0.39, 0.29) is 18.5 Å². The van der Waals surface area contributed by atoms with Crippen molar-refractivity contribution < 1.29 is 9.53 Å². The molecule has 2 aromatic rings. The molecule has 0 saturated carbocycles. The maximum atomic E-state index is 11.1.